The van der Waals surface area contributed by atoms with Gasteiger partial charge < -0.3 is 5.11 Å². The average molecular weight is 220 g/mol. The molecule has 1 atom stereocenters. The SMILES string of the molecule is CCCCCCCC#CC#C[C@@H](O)C(C)C. The van der Waals surface area contributed by atoms with Crippen LogP contribution in [0, 0.1) is 29.6 Å². The van der Waals surface area contributed by atoms with Crippen molar-refractivity contribution in [2.24, 2.45) is 5.92 Å². The Kier molecular flexibility index (Phi) is 9.98. The van der Waals surface area contributed by atoms with Gasteiger partial charge in [-0.1, -0.05) is 58.3 Å². The lowest BCUT2D eigenvalue weighted by molar-refractivity contribution is 0.181. The molecule has 0 aliphatic rings. The predicted molar refractivity (Wildman–Crippen MR) is 69.8 cm³/mol. The molecule has 90 valence electrons. The molecule has 0 heterocycles. The fourth-order valence-electron chi connectivity index (χ4n) is 1.20. The average Bonchev–Trinajstić information content (AvgIpc) is 2.26. The molecule has 0 aromatic heterocycles. The lowest BCUT2D eigenvalue weighted by atomic mass is 10.1. The van der Waals surface area contributed by atoms with Gasteiger partial charge in [-0.25, -0.2) is 0 Å². The molecule has 16 heavy (non-hydrogen) atoms. The van der Waals surface area contributed by atoms with Crippen LogP contribution in [0.2, 0.25) is 0 Å². The molecule has 1 nitrogen and oxygen atoms in total. The summed E-state index contributed by atoms with van der Waals surface area (Å²) in [5, 5.41) is 9.38. The predicted octanol–water partition coefficient (Wildman–Crippen LogP) is 3.37. The molecule has 0 radical (unpaired) electrons. The highest BCUT2D eigenvalue weighted by Gasteiger charge is 2.02. The second kappa shape index (κ2) is 10.6. The molecule has 0 bridgehead atoms. The molecule has 0 saturated heterocycles. The first-order valence-electron chi connectivity index (χ1n) is 6.35. The van der Waals surface area contributed by atoms with E-state index in [1.165, 1.54) is 32.1 Å². The highest BCUT2D eigenvalue weighted by atomic mass is 16.3. The van der Waals surface area contributed by atoms with Crippen LogP contribution in [0.1, 0.15) is 59.3 Å². The molecule has 0 spiro atoms. The zero-order valence-electron chi connectivity index (χ0n) is 10.8. The van der Waals surface area contributed by atoms with Crippen molar-refractivity contribution in [3.05, 3.63) is 0 Å². The third-order valence-electron chi connectivity index (χ3n) is 2.41. The Balaban J connectivity index is 3.54. The zero-order chi connectivity index (χ0) is 12.2. The van der Waals surface area contributed by atoms with Gasteiger partial charge in [-0.2, -0.15) is 0 Å². The summed E-state index contributed by atoms with van der Waals surface area (Å²) in [6, 6.07) is 0. The van der Waals surface area contributed by atoms with Crippen molar-refractivity contribution in [2.45, 2.75) is 65.4 Å². The number of aliphatic hydroxyl groups is 1. The van der Waals surface area contributed by atoms with Crippen LogP contribution >= 0.6 is 0 Å². The summed E-state index contributed by atoms with van der Waals surface area (Å²) in [5.41, 5.74) is 0. The molecule has 0 rings (SSSR count). The van der Waals surface area contributed by atoms with Crippen LogP contribution in [0.5, 0.6) is 0 Å². The van der Waals surface area contributed by atoms with Gasteiger partial charge in [0.2, 0.25) is 0 Å². The van der Waals surface area contributed by atoms with E-state index in [9.17, 15) is 5.11 Å². The summed E-state index contributed by atoms with van der Waals surface area (Å²) < 4.78 is 0. The van der Waals surface area contributed by atoms with Crippen LogP contribution in [0.3, 0.4) is 0 Å². The van der Waals surface area contributed by atoms with Gasteiger partial charge in [0, 0.05) is 6.42 Å². The molecule has 1 N–H and O–H groups in total. The van der Waals surface area contributed by atoms with Crippen LogP contribution in [-0.2, 0) is 0 Å². The van der Waals surface area contributed by atoms with E-state index in [0.29, 0.717) is 0 Å². The van der Waals surface area contributed by atoms with Crippen molar-refractivity contribution >= 4 is 0 Å². The van der Waals surface area contributed by atoms with E-state index in [0.717, 1.165) is 6.42 Å². The Morgan fingerprint density at radius 1 is 1.00 bits per heavy atom. The van der Waals surface area contributed by atoms with Gasteiger partial charge >= 0.3 is 0 Å². The largest absolute Gasteiger partial charge is 0.380 e. The van der Waals surface area contributed by atoms with Crippen LogP contribution in [0.25, 0.3) is 0 Å². The molecule has 0 aromatic carbocycles. The quantitative estimate of drug-likeness (QED) is 0.537. The third kappa shape index (κ3) is 9.63. The molecular weight excluding hydrogens is 196 g/mol. The van der Waals surface area contributed by atoms with Crippen molar-refractivity contribution in [3.8, 4) is 23.7 Å². The minimum atomic E-state index is -0.543. The number of unbranched alkanes of at least 4 members (excludes halogenated alkanes) is 5. The fourth-order valence-corrected chi connectivity index (χ4v) is 1.20. The summed E-state index contributed by atoms with van der Waals surface area (Å²) in [7, 11) is 0. The highest BCUT2D eigenvalue weighted by Crippen LogP contribution is 2.03. The first-order chi connectivity index (χ1) is 7.68. The van der Waals surface area contributed by atoms with E-state index in [4.69, 9.17) is 0 Å². The van der Waals surface area contributed by atoms with E-state index in [1.54, 1.807) is 0 Å². The zero-order valence-corrected chi connectivity index (χ0v) is 10.8. The van der Waals surface area contributed by atoms with Crippen molar-refractivity contribution in [1.29, 1.82) is 0 Å². The van der Waals surface area contributed by atoms with E-state index in [2.05, 4.69) is 30.6 Å². The van der Waals surface area contributed by atoms with Crippen molar-refractivity contribution in [3.63, 3.8) is 0 Å². The molecule has 0 unspecified atom stereocenters. The van der Waals surface area contributed by atoms with Crippen LogP contribution in [0.15, 0.2) is 0 Å². The lowest BCUT2D eigenvalue weighted by Gasteiger charge is -2.04. The normalized spacial score (nSPS) is 11.3. The Labute approximate surface area is 101 Å². The van der Waals surface area contributed by atoms with Gasteiger partial charge in [-0.3, -0.25) is 0 Å². The molecule has 0 amide bonds. The Morgan fingerprint density at radius 2 is 1.69 bits per heavy atom. The van der Waals surface area contributed by atoms with E-state index < -0.39 is 6.10 Å². The number of aliphatic hydroxyl groups excluding tert-OH is 1. The number of hydrogen-bond acceptors (Lipinski definition) is 1. The Hall–Kier alpha value is -0.920. The van der Waals surface area contributed by atoms with Gasteiger partial charge in [0.15, 0.2) is 0 Å². The molecule has 0 fully saturated rings. The van der Waals surface area contributed by atoms with Gasteiger partial charge in [-0.05, 0) is 24.2 Å². The van der Waals surface area contributed by atoms with E-state index in [1.807, 2.05) is 13.8 Å². The van der Waals surface area contributed by atoms with Gasteiger partial charge in [0.05, 0.1) is 0 Å². The van der Waals surface area contributed by atoms with Gasteiger partial charge in [0.1, 0.15) is 6.10 Å². The molecule has 0 aliphatic carbocycles. The highest BCUT2D eigenvalue weighted by molar-refractivity contribution is 5.27. The smallest absolute Gasteiger partial charge is 0.118 e. The third-order valence-corrected chi connectivity index (χ3v) is 2.41. The maximum Gasteiger partial charge on any atom is 0.118 e. The summed E-state index contributed by atoms with van der Waals surface area (Å²) in [5.74, 6) is 11.4. The van der Waals surface area contributed by atoms with Gasteiger partial charge in [0.25, 0.3) is 0 Å². The maximum absolute atomic E-state index is 9.38. The van der Waals surface area contributed by atoms with Crippen LogP contribution in [0.4, 0.5) is 0 Å². The monoisotopic (exact) mass is 220 g/mol. The number of hydrogen-bond donors (Lipinski definition) is 1. The topological polar surface area (TPSA) is 20.2 Å². The van der Waals surface area contributed by atoms with Gasteiger partial charge in [-0.15, -0.1) is 0 Å². The number of rotatable bonds is 6. The summed E-state index contributed by atoms with van der Waals surface area (Å²) in [6.07, 6.45) is 6.75. The fraction of sp³-hybridized carbons (Fsp3) is 0.733. The summed E-state index contributed by atoms with van der Waals surface area (Å²) >= 11 is 0. The second-order valence-corrected chi connectivity index (χ2v) is 4.42. The summed E-state index contributed by atoms with van der Waals surface area (Å²) in [6.45, 7) is 6.11. The maximum atomic E-state index is 9.38. The first kappa shape index (κ1) is 15.1. The van der Waals surface area contributed by atoms with Crippen molar-refractivity contribution < 1.29 is 5.11 Å². The van der Waals surface area contributed by atoms with Crippen LogP contribution < -0.4 is 0 Å². The molecule has 0 aromatic rings. The Bertz CT molecular complexity index is 269. The van der Waals surface area contributed by atoms with E-state index in [-0.39, 0.29) is 5.92 Å². The first-order valence-corrected chi connectivity index (χ1v) is 6.35. The molecule has 1 heteroatoms. The molecular formula is C15H24O. The molecule has 0 aliphatic heterocycles. The minimum absolute atomic E-state index is 0.184. The van der Waals surface area contributed by atoms with E-state index >= 15 is 0 Å². The van der Waals surface area contributed by atoms with Crippen molar-refractivity contribution in [2.75, 3.05) is 0 Å². The minimum Gasteiger partial charge on any atom is -0.380 e. The molecule has 0 saturated carbocycles. The van der Waals surface area contributed by atoms with Crippen molar-refractivity contribution in [1.82, 2.24) is 0 Å². The second-order valence-electron chi connectivity index (χ2n) is 4.42. The Morgan fingerprint density at radius 3 is 2.31 bits per heavy atom. The standard InChI is InChI=1S/C15H24O/c1-4-5-6-7-8-9-10-11-12-13-15(16)14(2)3/h14-16H,4-9H2,1-3H3/t15-/m1/s1. The lowest BCUT2D eigenvalue weighted by Crippen LogP contribution is -2.10. The summed E-state index contributed by atoms with van der Waals surface area (Å²) in [4.78, 5) is 0. The van der Waals surface area contributed by atoms with Crippen LogP contribution in [-0.4, -0.2) is 11.2 Å².